The SMILES string of the molecule is COc1ccc(Cc2cccc(C(=N)N)n2)cn1. The molecule has 0 saturated heterocycles. The van der Waals surface area contributed by atoms with Gasteiger partial charge in [-0.05, 0) is 17.7 Å². The second kappa shape index (κ2) is 5.27. The normalized spacial score (nSPS) is 10.1. The van der Waals surface area contributed by atoms with Gasteiger partial charge < -0.3 is 10.5 Å². The molecule has 0 atom stereocenters. The molecule has 2 heterocycles. The summed E-state index contributed by atoms with van der Waals surface area (Å²) >= 11 is 0. The topological polar surface area (TPSA) is 84.9 Å². The first-order valence-electron chi connectivity index (χ1n) is 5.48. The molecule has 0 aromatic carbocycles. The van der Waals surface area contributed by atoms with E-state index in [1.165, 1.54) is 0 Å². The van der Waals surface area contributed by atoms with E-state index in [4.69, 9.17) is 15.9 Å². The van der Waals surface area contributed by atoms with Gasteiger partial charge in [-0.15, -0.1) is 0 Å². The van der Waals surface area contributed by atoms with E-state index < -0.39 is 0 Å². The zero-order chi connectivity index (χ0) is 13.0. The standard InChI is InChI=1S/C13H14N4O/c1-18-12-6-5-9(8-16-12)7-10-3-2-4-11(17-10)13(14)15/h2-6,8H,7H2,1H3,(H3,14,15). The van der Waals surface area contributed by atoms with Crippen LogP contribution >= 0.6 is 0 Å². The van der Waals surface area contributed by atoms with Crippen molar-refractivity contribution in [3.8, 4) is 5.88 Å². The molecule has 0 unspecified atom stereocenters. The third-order valence-electron chi connectivity index (χ3n) is 2.47. The minimum atomic E-state index is -0.0234. The maximum absolute atomic E-state index is 7.35. The Morgan fingerprint density at radius 3 is 2.78 bits per heavy atom. The van der Waals surface area contributed by atoms with Crippen molar-refractivity contribution in [2.24, 2.45) is 5.73 Å². The fraction of sp³-hybridized carbons (Fsp3) is 0.154. The van der Waals surface area contributed by atoms with Crippen molar-refractivity contribution >= 4 is 5.84 Å². The predicted octanol–water partition coefficient (Wildman–Crippen LogP) is 1.36. The van der Waals surface area contributed by atoms with Crippen molar-refractivity contribution < 1.29 is 4.74 Å². The van der Waals surface area contributed by atoms with Crippen molar-refractivity contribution in [1.29, 1.82) is 5.41 Å². The van der Waals surface area contributed by atoms with Gasteiger partial charge in [0.25, 0.3) is 0 Å². The van der Waals surface area contributed by atoms with Crippen molar-refractivity contribution in [2.45, 2.75) is 6.42 Å². The maximum atomic E-state index is 7.35. The van der Waals surface area contributed by atoms with Crippen LogP contribution < -0.4 is 10.5 Å². The Labute approximate surface area is 105 Å². The van der Waals surface area contributed by atoms with Crippen LogP contribution in [0.15, 0.2) is 36.5 Å². The second-order valence-electron chi connectivity index (χ2n) is 3.81. The van der Waals surface area contributed by atoms with Crippen molar-refractivity contribution in [2.75, 3.05) is 7.11 Å². The lowest BCUT2D eigenvalue weighted by Crippen LogP contribution is -2.13. The van der Waals surface area contributed by atoms with E-state index in [1.807, 2.05) is 24.3 Å². The highest BCUT2D eigenvalue weighted by Crippen LogP contribution is 2.11. The van der Waals surface area contributed by atoms with E-state index in [9.17, 15) is 0 Å². The van der Waals surface area contributed by atoms with Gasteiger partial charge in [-0.1, -0.05) is 12.1 Å². The summed E-state index contributed by atoms with van der Waals surface area (Å²) in [4.78, 5) is 8.44. The third kappa shape index (κ3) is 2.82. The molecule has 0 fully saturated rings. The molecular weight excluding hydrogens is 228 g/mol. The maximum Gasteiger partial charge on any atom is 0.212 e. The molecule has 3 N–H and O–H groups in total. The van der Waals surface area contributed by atoms with Crippen LogP contribution in [-0.4, -0.2) is 22.9 Å². The first-order chi connectivity index (χ1) is 8.69. The van der Waals surface area contributed by atoms with Gasteiger partial charge in [-0.2, -0.15) is 0 Å². The number of rotatable bonds is 4. The number of pyridine rings is 2. The molecule has 2 aromatic rings. The number of aromatic nitrogens is 2. The molecule has 18 heavy (non-hydrogen) atoms. The molecule has 0 bridgehead atoms. The summed E-state index contributed by atoms with van der Waals surface area (Å²) in [6, 6.07) is 9.21. The van der Waals surface area contributed by atoms with Gasteiger partial charge >= 0.3 is 0 Å². The Bertz CT molecular complexity index is 551. The highest BCUT2D eigenvalue weighted by atomic mass is 16.5. The molecule has 0 amide bonds. The average Bonchev–Trinajstić information content (AvgIpc) is 2.40. The van der Waals surface area contributed by atoms with Gasteiger partial charge in [0, 0.05) is 24.4 Å². The van der Waals surface area contributed by atoms with Gasteiger partial charge in [0.05, 0.1) is 7.11 Å². The second-order valence-corrected chi connectivity index (χ2v) is 3.81. The molecule has 0 aliphatic heterocycles. The monoisotopic (exact) mass is 242 g/mol. The van der Waals surface area contributed by atoms with Gasteiger partial charge in [0.15, 0.2) is 0 Å². The summed E-state index contributed by atoms with van der Waals surface area (Å²) < 4.78 is 5.00. The lowest BCUT2D eigenvalue weighted by Gasteiger charge is -2.04. The number of nitrogens with two attached hydrogens (primary N) is 1. The summed E-state index contributed by atoms with van der Waals surface area (Å²) in [5.41, 5.74) is 7.79. The number of hydrogen-bond donors (Lipinski definition) is 2. The average molecular weight is 242 g/mol. The number of methoxy groups -OCH3 is 1. The minimum Gasteiger partial charge on any atom is -0.481 e. The molecule has 5 nitrogen and oxygen atoms in total. The summed E-state index contributed by atoms with van der Waals surface area (Å²) in [6.07, 6.45) is 2.40. The molecule has 5 heteroatoms. The van der Waals surface area contributed by atoms with Gasteiger partial charge in [0.2, 0.25) is 5.88 Å². The van der Waals surface area contributed by atoms with Crippen LogP contribution in [0.4, 0.5) is 0 Å². The molecule has 0 aliphatic carbocycles. The predicted molar refractivity (Wildman–Crippen MR) is 68.8 cm³/mol. The molecular formula is C13H14N4O. The van der Waals surface area contributed by atoms with E-state index in [0.717, 1.165) is 11.3 Å². The number of nitrogen functional groups attached to an aromatic ring is 1. The summed E-state index contributed by atoms with van der Waals surface area (Å²) in [7, 11) is 1.58. The molecule has 2 rings (SSSR count). The Kier molecular flexibility index (Phi) is 3.52. The number of ether oxygens (including phenoxy) is 1. The fourth-order valence-corrected chi connectivity index (χ4v) is 1.57. The fourth-order valence-electron chi connectivity index (χ4n) is 1.57. The summed E-state index contributed by atoms with van der Waals surface area (Å²) in [5, 5.41) is 7.35. The van der Waals surface area contributed by atoms with Crippen LogP contribution in [0.1, 0.15) is 17.0 Å². The first-order valence-corrected chi connectivity index (χ1v) is 5.48. The van der Waals surface area contributed by atoms with Crippen LogP contribution in [0.25, 0.3) is 0 Å². The first kappa shape index (κ1) is 12.0. The Morgan fingerprint density at radius 2 is 2.17 bits per heavy atom. The molecule has 0 aliphatic rings. The van der Waals surface area contributed by atoms with Crippen LogP contribution in [0, 0.1) is 5.41 Å². The minimum absolute atomic E-state index is 0.0234. The Morgan fingerprint density at radius 1 is 1.33 bits per heavy atom. The number of amidine groups is 1. The zero-order valence-electron chi connectivity index (χ0n) is 10.1. The smallest absolute Gasteiger partial charge is 0.212 e. The molecule has 0 radical (unpaired) electrons. The quantitative estimate of drug-likeness (QED) is 0.626. The summed E-state index contributed by atoms with van der Waals surface area (Å²) in [5.74, 6) is 0.564. The Balaban J connectivity index is 2.17. The van der Waals surface area contributed by atoms with E-state index in [2.05, 4.69) is 9.97 Å². The number of nitrogens with one attached hydrogen (secondary N) is 1. The highest BCUT2D eigenvalue weighted by molar-refractivity contribution is 5.92. The largest absolute Gasteiger partial charge is 0.481 e. The number of hydrogen-bond acceptors (Lipinski definition) is 4. The van der Waals surface area contributed by atoms with Crippen molar-refractivity contribution in [1.82, 2.24) is 9.97 Å². The molecule has 2 aromatic heterocycles. The Hall–Kier alpha value is -2.43. The zero-order valence-corrected chi connectivity index (χ0v) is 10.1. The van der Waals surface area contributed by atoms with Crippen molar-refractivity contribution in [3.05, 3.63) is 53.5 Å². The lowest BCUT2D eigenvalue weighted by atomic mass is 10.1. The molecule has 0 spiro atoms. The van der Waals surface area contributed by atoms with Gasteiger partial charge in [-0.3, -0.25) is 5.41 Å². The van der Waals surface area contributed by atoms with Crippen molar-refractivity contribution in [3.63, 3.8) is 0 Å². The van der Waals surface area contributed by atoms with E-state index in [0.29, 0.717) is 18.0 Å². The molecule has 0 saturated carbocycles. The van der Waals surface area contributed by atoms with E-state index in [1.54, 1.807) is 19.4 Å². The third-order valence-corrected chi connectivity index (χ3v) is 2.47. The highest BCUT2D eigenvalue weighted by Gasteiger charge is 2.02. The van der Waals surface area contributed by atoms with Crippen LogP contribution in [0.3, 0.4) is 0 Å². The van der Waals surface area contributed by atoms with Crippen LogP contribution in [0.2, 0.25) is 0 Å². The van der Waals surface area contributed by atoms with Gasteiger partial charge in [0.1, 0.15) is 11.5 Å². The van der Waals surface area contributed by atoms with Crippen LogP contribution in [0.5, 0.6) is 5.88 Å². The number of nitrogens with zero attached hydrogens (tertiary/aromatic N) is 2. The van der Waals surface area contributed by atoms with E-state index in [-0.39, 0.29) is 5.84 Å². The lowest BCUT2D eigenvalue weighted by molar-refractivity contribution is 0.397. The molecule has 92 valence electrons. The van der Waals surface area contributed by atoms with Gasteiger partial charge in [-0.25, -0.2) is 9.97 Å². The van der Waals surface area contributed by atoms with E-state index >= 15 is 0 Å². The van der Waals surface area contributed by atoms with Crippen LogP contribution in [-0.2, 0) is 6.42 Å². The summed E-state index contributed by atoms with van der Waals surface area (Å²) in [6.45, 7) is 0.